The zero-order valence-corrected chi connectivity index (χ0v) is 8.60. The van der Waals surface area contributed by atoms with Gasteiger partial charge in [0.1, 0.15) is 24.4 Å². The van der Waals surface area contributed by atoms with Gasteiger partial charge in [-0.3, -0.25) is 0 Å². The molecule has 0 spiro atoms. The summed E-state index contributed by atoms with van der Waals surface area (Å²) in [7, 11) is 0. The maximum Gasteiger partial charge on any atom is 0.164 e. The summed E-state index contributed by atoms with van der Waals surface area (Å²) in [5.41, 5.74) is 0.736. The second-order valence-electron chi connectivity index (χ2n) is 4.41. The summed E-state index contributed by atoms with van der Waals surface area (Å²) < 4.78 is 11.0. The summed E-state index contributed by atoms with van der Waals surface area (Å²) in [4.78, 5) is 0. The lowest BCUT2D eigenvalue weighted by Gasteiger charge is -2.30. The van der Waals surface area contributed by atoms with Crippen LogP contribution >= 0.6 is 0 Å². The SMILES string of the molecule is CC1=C[C@H](O)[C@@H]2OC(C)(C)O[C@@H]2[C@@H]1O. The van der Waals surface area contributed by atoms with Crippen molar-refractivity contribution in [2.75, 3.05) is 0 Å². The molecule has 80 valence electrons. The molecular weight excluding hydrogens is 184 g/mol. The largest absolute Gasteiger partial charge is 0.386 e. The van der Waals surface area contributed by atoms with E-state index in [4.69, 9.17) is 9.47 Å². The molecule has 1 aliphatic heterocycles. The molecule has 1 aliphatic carbocycles. The molecule has 4 nitrogen and oxygen atoms in total. The minimum Gasteiger partial charge on any atom is -0.386 e. The molecule has 0 unspecified atom stereocenters. The molecule has 0 aromatic heterocycles. The molecule has 2 N–H and O–H groups in total. The van der Waals surface area contributed by atoms with E-state index in [1.807, 2.05) is 0 Å². The molecule has 14 heavy (non-hydrogen) atoms. The molecule has 1 fully saturated rings. The van der Waals surface area contributed by atoms with E-state index in [1.165, 1.54) is 0 Å². The topological polar surface area (TPSA) is 58.9 Å². The summed E-state index contributed by atoms with van der Waals surface area (Å²) in [5.74, 6) is -0.726. The van der Waals surface area contributed by atoms with Crippen LogP contribution in [0.2, 0.25) is 0 Å². The predicted octanol–water partition coefficient (Wildman–Crippen LogP) is 0.188. The molecule has 0 amide bonds. The summed E-state index contributed by atoms with van der Waals surface area (Å²) in [6.07, 6.45) is -0.652. The second kappa shape index (κ2) is 3.03. The number of ether oxygens (including phenoxy) is 2. The Morgan fingerprint density at radius 3 is 2.43 bits per heavy atom. The standard InChI is InChI=1S/C10H16O4/c1-5-4-6(11)8-9(7(5)12)14-10(2,3)13-8/h4,6-9,11-12H,1-3H3/t6-,7+,8-,9+/m0/s1. The van der Waals surface area contributed by atoms with Gasteiger partial charge in [-0.1, -0.05) is 6.08 Å². The molecule has 2 aliphatic rings. The van der Waals surface area contributed by atoms with Gasteiger partial charge in [0.15, 0.2) is 5.79 Å². The molecule has 4 heteroatoms. The molecule has 4 atom stereocenters. The monoisotopic (exact) mass is 200 g/mol. The van der Waals surface area contributed by atoms with Crippen molar-refractivity contribution in [3.63, 3.8) is 0 Å². The van der Waals surface area contributed by atoms with Gasteiger partial charge in [-0.25, -0.2) is 0 Å². The normalized spacial score (nSPS) is 45.9. The van der Waals surface area contributed by atoms with Crippen molar-refractivity contribution in [1.82, 2.24) is 0 Å². The highest BCUT2D eigenvalue weighted by atomic mass is 16.8. The van der Waals surface area contributed by atoms with Crippen molar-refractivity contribution in [2.45, 2.75) is 51.0 Å². The lowest BCUT2D eigenvalue weighted by atomic mass is 9.91. The lowest BCUT2D eigenvalue weighted by Crippen LogP contribution is -2.46. The van der Waals surface area contributed by atoms with Crippen molar-refractivity contribution in [2.24, 2.45) is 0 Å². The zero-order chi connectivity index (χ0) is 10.5. The van der Waals surface area contributed by atoms with Gasteiger partial charge in [-0.15, -0.1) is 0 Å². The van der Waals surface area contributed by atoms with Crippen LogP contribution in [0.4, 0.5) is 0 Å². The highest BCUT2D eigenvalue weighted by Crippen LogP contribution is 2.36. The Hall–Kier alpha value is -0.420. The van der Waals surface area contributed by atoms with Gasteiger partial charge in [-0.05, 0) is 26.3 Å². The average molecular weight is 200 g/mol. The van der Waals surface area contributed by atoms with Crippen molar-refractivity contribution in [1.29, 1.82) is 0 Å². The first kappa shape index (κ1) is 10.1. The number of hydrogen-bond donors (Lipinski definition) is 2. The molecule has 0 bridgehead atoms. The van der Waals surface area contributed by atoms with Crippen LogP contribution in [0.25, 0.3) is 0 Å². The van der Waals surface area contributed by atoms with Crippen molar-refractivity contribution < 1.29 is 19.7 Å². The predicted molar refractivity (Wildman–Crippen MR) is 49.6 cm³/mol. The quantitative estimate of drug-likeness (QED) is 0.548. The fraction of sp³-hybridized carbons (Fsp3) is 0.800. The maximum absolute atomic E-state index is 9.81. The van der Waals surface area contributed by atoms with Crippen LogP contribution in [0, 0.1) is 0 Å². The maximum atomic E-state index is 9.81. The molecule has 1 heterocycles. The van der Waals surface area contributed by atoms with E-state index in [1.54, 1.807) is 26.8 Å². The molecule has 1 saturated heterocycles. The second-order valence-corrected chi connectivity index (χ2v) is 4.41. The smallest absolute Gasteiger partial charge is 0.164 e. The average Bonchev–Trinajstić information content (AvgIpc) is 2.38. The van der Waals surface area contributed by atoms with Gasteiger partial charge in [0, 0.05) is 0 Å². The van der Waals surface area contributed by atoms with Gasteiger partial charge < -0.3 is 19.7 Å². The number of fused-ring (bicyclic) bond motifs is 1. The fourth-order valence-electron chi connectivity index (χ4n) is 2.05. The fourth-order valence-corrected chi connectivity index (χ4v) is 2.05. The molecule has 0 saturated carbocycles. The van der Waals surface area contributed by atoms with Gasteiger partial charge >= 0.3 is 0 Å². The minimum atomic E-state index is -0.726. The first-order chi connectivity index (χ1) is 6.41. The molecular formula is C10H16O4. The van der Waals surface area contributed by atoms with E-state index in [0.29, 0.717) is 0 Å². The van der Waals surface area contributed by atoms with E-state index in [9.17, 15) is 10.2 Å². The molecule has 0 aromatic rings. The summed E-state index contributed by atoms with van der Waals surface area (Å²) in [5, 5.41) is 19.5. The number of aliphatic hydroxyl groups excluding tert-OH is 2. The van der Waals surface area contributed by atoms with Gasteiger partial charge in [0.05, 0.1) is 0 Å². The van der Waals surface area contributed by atoms with Crippen LogP contribution in [0.3, 0.4) is 0 Å². The third-order valence-electron chi connectivity index (χ3n) is 2.71. The zero-order valence-electron chi connectivity index (χ0n) is 8.60. The molecule has 2 rings (SSSR count). The van der Waals surface area contributed by atoms with E-state index in [2.05, 4.69) is 0 Å². The highest BCUT2D eigenvalue weighted by Gasteiger charge is 2.49. The van der Waals surface area contributed by atoms with E-state index in [0.717, 1.165) is 5.57 Å². The van der Waals surface area contributed by atoms with Crippen LogP contribution in [0.5, 0.6) is 0 Å². The van der Waals surface area contributed by atoms with Gasteiger partial charge in [-0.2, -0.15) is 0 Å². The first-order valence-electron chi connectivity index (χ1n) is 4.81. The van der Waals surface area contributed by atoms with E-state index in [-0.39, 0.29) is 0 Å². The Morgan fingerprint density at radius 2 is 1.79 bits per heavy atom. The number of rotatable bonds is 0. The van der Waals surface area contributed by atoms with Crippen LogP contribution in [0.1, 0.15) is 20.8 Å². The molecule has 0 aromatic carbocycles. The Kier molecular flexibility index (Phi) is 2.19. The minimum absolute atomic E-state index is 0.454. The van der Waals surface area contributed by atoms with Crippen molar-refractivity contribution in [3.8, 4) is 0 Å². The van der Waals surface area contributed by atoms with Crippen molar-refractivity contribution in [3.05, 3.63) is 11.6 Å². The first-order valence-corrected chi connectivity index (χ1v) is 4.81. The third kappa shape index (κ3) is 1.48. The van der Waals surface area contributed by atoms with Crippen LogP contribution in [-0.2, 0) is 9.47 Å². The summed E-state index contributed by atoms with van der Waals surface area (Å²) in [6.45, 7) is 5.33. The van der Waals surface area contributed by atoms with E-state index < -0.39 is 30.2 Å². The third-order valence-corrected chi connectivity index (χ3v) is 2.71. The molecule has 0 radical (unpaired) electrons. The van der Waals surface area contributed by atoms with E-state index >= 15 is 0 Å². The van der Waals surface area contributed by atoms with Crippen LogP contribution in [0.15, 0.2) is 11.6 Å². The lowest BCUT2D eigenvalue weighted by molar-refractivity contribution is -0.156. The Morgan fingerprint density at radius 1 is 1.21 bits per heavy atom. The Bertz CT molecular complexity index is 271. The van der Waals surface area contributed by atoms with Crippen LogP contribution in [-0.4, -0.2) is 40.4 Å². The van der Waals surface area contributed by atoms with Gasteiger partial charge in [0.25, 0.3) is 0 Å². The highest BCUT2D eigenvalue weighted by molar-refractivity contribution is 5.19. The van der Waals surface area contributed by atoms with Crippen molar-refractivity contribution >= 4 is 0 Å². The number of aliphatic hydroxyl groups is 2. The Balaban J connectivity index is 2.26. The summed E-state index contributed by atoms with van der Waals surface area (Å²) in [6, 6.07) is 0. The number of hydrogen-bond acceptors (Lipinski definition) is 4. The summed E-state index contributed by atoms with van der Waals surface area (Å²) >= 11 is 0. The van der Waals surface area contributed by atoms with Crippen LogP contribution < -0.4 is 0 Å². The van der Waals surface area contributed by atoms with Gasteiger partial charge in [0.2, 0.25) is 0 Å². The Labute approximate surface area is 83.1 Å².